The minimum Gasteiger partial charge on any atom is -0.342 e. The minimum atomic E-state index is 0.104. The Kier molecular flexibility index (Phi) is 5.81. The van der Waals surface area contributed by atoms with Crippen molar-refractivity contribution in [3.05, 3.63) is 0 Å². The molecule has 1 fully saturated rings. The maximum atomic E-state index is 12.0. The number of piperidine rings is 1. The van der Waals surface area contributed by atoms with Crippen LogP contribution in [0.2, 0.25) is 0 Å². The fourth-order valence-electron chi connectivity index (χ4n) is 2.54. The third-order valence-electron chi connectivity index (χ3n) is 3.64. The van der Waals surface area contributed by atoms with Gasteiger partial charge in [-0.25, -0.2) is 0 Å². The van der Waals surface area contributed by atoms with Crippen molar-refractivity contribution in [3.63, 3.8) is 0 Å². The largest absolute Gasteiger partial charge is 0.342 e. The van der Waals surface area contributed by atoms with Gasteiger partial charge in [0.25, 0.3) is 0 Å². The lowest BCUT2D eigenvalue weighted by Gasteiger charge is -2.33. The summed E-state index contributed by atoms with van der Waals surface area (Å²) in [5.74, 6) is 1.26. The van der Waals surface area contributed by atoms with Gasteiger partial charge in [-0.1, -0.05) is 26.7 Å². The summed E-state index contributed by atoms with van der Waals surface area (Å²) in [7, 11) is 0. The maximum absolute atomic E-state index is 12.0. The molecule has 1 unspecified atom stereocenters. The van der Waals surface area contributed by atoms with E-state index in [0.717, 1.165) is 25.4 Å². The van der Waals surface area contributed by atoms with Crippen LogP contribution < -0.4 is 5.73 Å². The number of nitrogens with two attached hydrogens (primary N) is 1. The highest BCUT2D eigenvalue weighted by Crippen LogP contribution is 2.23. The topological polar surface area (TPSA) is 46.3 Å². The summed E-state index contributed by atoms with van der Waals surface area (Å²) < 4.78 is 0. The molecule has 0 spiro atoms. The smallest absolute Gasteiger partial charge is 0.225 e. The van der Waals surface area contributed by atoms with Gasteiger partial charge in [-0.05, 0) is 31.7 Å². The molecule has 16 heavy (non-hydrogen) atoms. The first-order valence-corrected chi connectivity index (χ1v) is 6.67. The highest BCUT2D eigenvalue weighted by molar-refractivity contribution is 5.78. The summed E-state index contributed by atoms with van der Waals surface area (Å²) in [6.07, 6.45) is 5.78. The molecule has 1 atom stereocenters. The summed E-state index contributed by atoms with van der Waals surface area (Å²) in [4.78, 5) is 14.1. The van der Waals surface area contributed by atoms with Crippen LogP contribution in [0.25, 0.3) is 0 Å². The summed E-state index contributed by atoms with van der Waals surface area (Å²) >= 11 is 0. The van der Waals surface area contributed by atoms with Crippen molar-refractivity contribution in [1.29, 1.82) is 0 Å². The minimum absolute atomic E-state index is 0.104. The van der Waals surface area contributed by atoms with Crippen LogP contribution in [0.3, 0.4) is 0 Å². The van der Waals surface area contributed by atoms with Crippen LogP contribution in [0.15, 0.2) is 0 Å². The molecule has 0 aromatic carbocycles. The zero-order chi connectivity index (χ0) is 12.0. The summed E-state index contributed by atoms with van der Waals surface area (Å²) in [5.41, 5.74) is 5.49. The third kappa shape index (κ3) is 3.78. The van der Waals surface area contributed by atoms with Gasteiger partial charge in [-0.2, -0.15) is 0 Å². The van der Waals surface area contributed by atoms with Crippen molar-refractivity contribution < 1.29 is 4.79 Å². The molecule has 0 bridgehead atoms. The SMILES string of the molecule is CCCC1CCN(C(=O)C(C)CCN)CC1. The molecule has 1 aliphatic rings. The monoisotopic (exact) mass is 226 g/mol. The number of likely N-dealkylation sites (tertiary alicyclic amines) is 1. The fourth-order valence-corrected chi connectivity index (χ4v) is 2.54. The number of carbonyl (C=O) groups excluding carboxylic acids is 1. The molecule has 0 aliphatic carbocycles. The quantitative estimate of drug-likeness (QED) is 0.779. The van der Waals surface area contributed by atoms with Crippen LogP contribution in [0.5, 0.6) is 0 Å². The van der Waals surface area contributed by atoms with Crippen LogP contribution in [0, 0.1) is 11.8 Å². The maximum Gasteiger partial charge on any atom is 0.225 e. The number of nitrogens with zero attached hydrogens (tertiary/aromatic N) is 1. The van der Waals surface area contributed by atoms with Crippen LogP contribution in [-0.2, 0) is 4.79 Å². The predicted molar refractivity (Wildman–Crippen MR) is 67.0 cm³/mol. The first-order chi connectivity index (χ1) is 7.69. The molecule has 0 aromatic rings. The van der Waals surface area contributed by atoms with Gasteiger partial charge >= 0.3 is 0 Å². The molecule has 1 rings (SSSR count). The summed E-state index contributed by atoms with van der Waals surface area (Å²) in [6, 6.07) is 0. The Balaban J connectivity index is 2.32. The summed E-state index contributed by atoms with van der Waals surface area (Å²) in [5, 5.41) is 0. The van der Waals surface area contributed by atoms with E-state index in [1.54, 1.807) is 0 Å². The van der Waals surface area contributed by atoms with Gasteiger partial charge in [-0.15, -0.1) is 0 Å². The van der Waals surface area contributed by atoms with E-state index < -0.39 is 0 Å². The first-order valence-electron chi connectivity index (χ1n) is 6.67. The number of hydrogen-bond acceptors (Lipinski definition) is 2. The second-order valence-corrected chi connectivity index (χ2v) is 5.04. The third-order valence-corrected chi connectivity index (χ3v) is 3.64. The van der Waals surface area contributed by atoms with Crippen LogP contribution in [0.1, 0.15) is 46.0 Å². The molecule has 0 saturated carbocycles. The van der Waals surface area contributed by atoms with Crippen molar-refractivity contribution in [2.24, 2.45) is 17.6 Å². The number of carbonyl (C=O) groups is 1. The van der Waals surface area contributed by atoms with Gasteiger partial charge in [0.05, 0.1) is 0 Å². The van der Waals surface area contributed by atoms with Crippen LogP contribution in [0.4, 0.5) is 0 Å². The van der Waals surface area contributed by atoms with Crippen LogP contribution >= 0.6 is 0 Å². The Morgan fingerprint density at radius 2 is 2.06 bits per heavy atom. The van der Waals surface area contributed by atoms with E-state index in [1.165, 1.54) is 25.7 Å². The van der Waals surface area contributed by atoms with Crippen molar-refractivity contribution in [1.82, 2.24) is 4.90 Å². The number of hydrogen-bond donors (Lipinski definition) is 1. The average molecular weight is 226 g/mol. The van der Waals surface area contributed by atoms with Crippen molar-refractivity contribution in [2.75, 3.05) is 19.6 Å². The van der Waals surface area contributed by atoms with E-state index in [-0.39, 0.29) is 5.92 Å². The van der Waals surface area contributed by atoms with Gasteiger partial charge in [0.1, 0.15) is 0 Å². The Labute approximate surface area is 99.4 Å². The lowest BCUT2D eigenvalue weighted by molar-refractivity contribution is -0.136. The van der Waals surface area contributed by atoms with E-state index in [4.69, 9.17) is 5.73 Å². The Morgan fingerprint density at radius 1 is 1.44 bits per heavy atom. The molecule has 2 N–H and O–H groups in total. The Morgan fingerprint density at radius 3 is 2.56 bits per heavy atom. The van der Waals surface area contributed by atoms with Crippen LogP contribution in [-0.4, -0.2) is 30.4 Å². The predicted octanol–water partition coefficient (Wildman–Crippen LogP) is 2.01. The fraction of sp³-hybridized carbons (Fsp3) is 0.923. The second-order valence-electron chi connectivity index (χ2n) is 5.04. The molecule has 3 nitrogen and oxygen atoms in total. The van der Waals surface area contributed by atoms with Crippen molar-refractivity contribution in [3.8, 4) is 0 Å². The highest BCUT2D eigenvalue weighted by Gasteiger charge is 2.24. The van der Waals surface area contributed by atoms with Crippen molar-refractivity contribution >= 4 is 5.91 Å². The van der Waals surface area contributed by atoms with E-state index >= 15 is 0 Å². The molecule has 1 heterocycles. The molecule has 94 valence electrons. The molecule has 0 radical (unpaired) electrons. The van der Waals surface area contributed by atoms with E-state index in [1.807, 2.05) is 11.8 Å². The molecular formula is C13H26N2O. The Bertz CT molecular complexity index is 210. The Hall–Kier alpha value is -0.570. The van der Waals surface area contributed by atoms with E-state index in [2.05, 4.69) is 6.92 Å². The number of rotatable bonds is 5. The zero-order valence-corrected chi connectivity index (χ0v) is 10.7. The average Bonchev–Trinajstić information content (AvgIpc) is 2.30. The zero-order valence-electron chi connectivity index (χ0n) is 10.7. The van der Waals surface area contributed by atoms with Gasteiger partial charge in [-0.3, -0.25) is 4.79 Å². The number of amides is 1. The lowest BCUT2D eigenvalue weighted by Crippen LogP contribution is -2.41. The molecule has 1 amide bonds. The molecule has 3 heteroatoms. The molecule has 1 saturated heterocycles. The standard InChI is InChI=1S/C13H26N2O/c1-3-4-12-6-9-15(10-7-12)13(16)11(2)5-8-14/h11-12H,3-10,14H2,1-2H3. The van der Waals surface area contributed by atoms with Crippen molar-refractivity contribution in [2.45, 2.75) is 46.0 Å². The first kappa shape index (κ1) is 13.5. The highest BCUT2D eigenvalue weighted by atomic mass is 16.2. The summed E-state index contributed by atoms with van der Waals surface area (Å²) in [6.45, 7) is 6.75. The van der Waals surface area contributed by atoms with Gasteiger partial charge < -0.3 is 10.6 Å². The molecular weight excluding hydrogens is 200 g/mol. The van der Waals surface area contributed by atoms with Gasteiger partial charge in [0.15, 0.2) is 0 Å². The lowest BCUT2D eigenvalue weighted by atomic mass is 9.92. The molecule has 0 aromatic heterocycles. The normalized spacial score (nSPS) is 19.8. The second kappa shape index (κ2) is 6.89. The van der Waals surface area contributed by atoms with E-state index in [0.29, 0.717) is 12.5 Å². The van der Waals surface area contributed by atoms with Gasteiger partial charge in [0.2, 0.25) is 5.91 Å². The van der Waals surface area contributed by atoms with Gasteiger partial charge in [0, 0.05) is 19.0 Å². The molecule has 1 aliphatic heterocycles. The van der Waals surface area contributed by atoms with E-state index in [9.17, 15) is 4.79 Å².